The molecule has 0 fully saturated rings. The van der Waals surface area contributed by atoms with Gasteiger partial charge in [0, 0.05) is 27.6 Å². The average Bonchev–Trinajstić information content (AvgIpc) is 2.56. The van der Waals surface area contributed by atoms with Gasteiger partial charge in [-0.3, -0.25) is 19.7 Å². The fourth-order valence-corrected chi connectivity index (χ4v) is 2.17. The number of amides is 5. The van der Waals surface area contributed by atoms with Crippen molar-refractivity contribution in [3.05, 3.63) is 12.3 Å². The van der Waals surface area contributed by atoms with Crippen molar-refractivity contribution in [3.8, 4) is 0 Å². The maximum absolute atomic E-state index is 12.6. The number of nitrogens with one attached hydrogen (secondary N) is 2. The number of hydrogen-bond donors (Lipinski definition) is 2. The number of carbonyl (C=O) groups is 4. The third-order valence-corrected chi connectivity index (χ3v) is 3.74. The van der Waals surface area contributed by atoms with Crippen LogP contribution < -0.4 is 10.6 Å². The summed E-state index contributed by atoms with van der Waals surface area (Å²) in [6, 6.07) is -1.50. The third kappa shape index (κ3) is 6.94. The van der Waals surface area contributed by atoms with Crippen LogP contribution in [0.15, 0.2) is 12.3 Å². The summed E-state index contributed by atoms with van der Waals surface area (Å²) in [5, 5.41) is 4.49. The number of likely N-dealkylation sites (N-methyl/N-ethyl adjacent to an activating group) is 2. The standard InChI is InChI=1S/C17H30N4O4/c1-8-9-14(22)20(6)12(4)16(24)21(7)13(10-11(2)3)15(23)19-17(25)18-5/h11,13H,4,8-10H2,1-3,5-7H3,(H2,18,19,23,25)/t13-/m0/s1. The highest BCUT2D eigenvalue weighted by Crippen LogP contribution is 2.15. The summed E-state index contributed by atoms with van der Waals surface area (Å²) in [6.45, 7) is 9.36. The van der Waals surface area contributed by atoms with Gasteiger partial charge in [0.15, 0.2) is 0 Å². The molecule has 2 N–H and O–H groups in total. The molecule has 1 atom stereocenters. The highest BCUT2D eigenvalue weighted by Gasteiger charge is 2.31. The van der Waals surface area contributed by atoms with Gasteiger partial charge in [-0.2, -0.15) is 0 Å². The predicted octanol–water partition coefficient (Wildman–Crippen LogP) is 1.09. The van der Waals surface area contributed by atoms with Crippen molar-refractivity contribution in [2.24, 2.45) is 5.92 Å². The molecule has 0 aromatic rings. The van der Waals surface area contributed by atoms with Crippen molar-refractivity contribution in [1.29, 1.82) is 0 Å². The van der Waals surface area contributed by atoms with Crippen LogP contribution in [0.3, 0.4) is 0 Å². The molecule has 0 aromatic heterocycles. The average molecular weight is 354 g/mol. The molecule has 0 unspecified atom stereocenters. The second kappa shape index (κ2) is 10.5. The molecule has 0 heterocycles. The molecule has 5 amide bonds. The second-order valence-corrected chi connectivity index (χ2v) is 6.28. The van der Waals surface area contributed by atoms with Gasteiger partial charge in [0.05, 0.1) is 0 Å². The van der Waals surface area contributed by atoms with Crippen molar-refractivity contribution in [2.75, 3.05) is 21.1 Å². The van der Waals surface area contributed by atoms with Gasteiger partial charge in [0.25, 0.3) is 11.8 Å². The summed E-state index contributed by atoms with van der Waals surface area (Å²) < 4.78 is 0. The lowest BCUT2D eigenvalue weighted by molar-refractivity contribution is -0.139. The first-order valence-corrected chi connectivity index (χ1v) is 8.31. The van der Waals surface area contributed by atoms with Crippen molar-refractivity contribution < 1.29 is 19.2 Å². The van der Waals surface area contributed by atoms with Gasteiger partial charge in [0.2, 0.25) is 5.91 Å². The Labute approximate surface area is 149 Å². The highest BCUT2D eigenvalue weighted by molar-refractivity contribution is 6.02. The first-order valence-electron chi connectivity index (χ1n) is 8.31. The van der Waals surface area contributed by atoms with Crippen LogP contribution in [0.5, 0.6) is 0 Å². The quantitative estimate of drug-likeness (QED) is 0.637. The van der Waals surface area contributed by atoms with Gasteiger partial charge in [-0.25, -0.2) is 4.79 Å². The monoisotopic (exact) mass is 354 g/mol. The zero-order valence-corrected chi connectivity index (χ0v) is 16.0. The predicted molar refractivity (Wildman–Crippen MR) is 95.4 cm³/mol. The summed E-state index contributed by atoms with van der Waals surface area (Å²) in [7, 11) is 4.33. The summed E-state index contributed by atoms with van der Waals surface area (Å²) in [4.78, 5) is 50.7. The number of nitrogens with zero attached hydrogens (tertiary/aromatic N) is 2. The molecule has 142 valence electrons. The van der Waals surface area contributed by atoms with Crippen LogP contribution in [0.25, 0.3) is 0 Å². The first kappa shape index (κ1) is 22.6. The largest absolute Gasteiger partial charge is 0.341 e. The molecule has 0 spiro atoms. The van der Waals surface area contributed by atoms with E-state index in [-0.39, 0.29) is 17.5 Å². The molecule has 0 bridgehead atoms. The minimum atomic E-state index is -0.851. The Hall–Kier alpha value is -2.38. The van der Waals surface area contributed by atoms with E-state index in [2.05, 4.69) is 17.2 Å². The molecule has 0 aliphatic carbocycles. The Kier molecular flexibility index (Phi) is 9.48. The Bertz CT molecular complexity index is 531. The van der Waals surface area contributed by atoms with Gasteiger partial charge < -0.3 is 15.1 Å². The highest BCUT2D eigenvalue weighted by atomic mass is 16.2. The van der Waals surface area contributed by atoms with E-state index in [0.717, 1.165) is 0 Å². The molecule has 0 rings (SSSR count). The van der Waals surface area contributed by atoms with Gasteiger partial charge in [0.1, 0.15) is 11.7 Å². The molecule has 8 heteroatoms. The second-order valence-electron chi connectivity index (χ2n) is 6.28. The number of hydrogen-bond acceptors (Lipinski definition) is 4. The number of urea groups is 1. The van der Waals surface area contributed by atoms with Gasteiger partial charge in [-0.05, 0) is 18.8 Å². The van der Waals surface area contributed by atoms with E-state index in [1.54, 1.807) is 0 Å². The van der Waals surface area contributed by atoms with Crippen LogP contribution in [0.2, 0.25) is 0 Å². The zero-order chi connectivity index (χ0) is 19.7. The van der Waals surface area contributed by atoms with Gasteiger partial charge in [-0.1, -0.05) is 27.4 Å². The smallest absolute Gasteiger partial charge is 0.321 e. The summed E-state index contributed by atoms with van der Waals surface area (Å²) in [5.41, 5.74) is -0.0116. The number of carbonyl (C=O) groups excluding carboxylic acids is 4. The molecule has 0 aromatic carbocycles. The van der Waals surface area contributed by atoms with E-state index < -0.39 is 23.9 Å². The minimum Gasteiger partial charge on any atom is -0.341 e. The van der Waals surface area contributed by atoms with Gasteiger partial charge >= 0.3 is 6.03 Å². The van der Waals surface area contributed by atoms with E-state index in [1.165, 1.54) is 30.9 Å². The zero-order valence-electron chi connectivity index (χ0n) is 16.0. The molecule has 0 aliphatic rings. The van der Waals surface area contributed by atoms with E-state index >= 15 is 0 Å². The first-order chi connectivity index (χ1) is 11.6. The van der Waals surface area contributed by atoms with Crippen molar-refractivity contribution in [3.63, 3.8) is 0 Å². The maximum Gasteiger partial charge on any atom is 0.321 e. The van der Waals surface area contributed by atoms with Crippen molar-refractivity contribution >= 4 is 23.8 Å². The third-order valence-electron chi connectivity index (χ3n) is 3.74. The maximum atomic E-state index is 12.6. The van der Waals surface area contributed by atoms with Crippen LogP contribution in [0, 0.1) is 5.92 Å². The fraction of sp³-hybridized carbons (Fsp3) is 0.647. The summed E-state index contributed by atoms with van der Waals surface area (Å²) in [5.74, 6) is -1.23. The molecule has 25 heavy (non-hydrogen) atoms. The minimum absolute atomic E-state index is 0.0116. The Morgan fingerprint density at radius 1 is 1.12 bits per heavy atom. The lowest BCUT2D eigenvalue weighted by Gasteiger charge is -2.30. The topological polar surface area (TPSA) is 98.8 Å². The molecule has 0 saturated heterocycles. The fourth-order valence-electron chi connectivity index (χ4n) is 2.17. The Morgan fingerprint density at radius 3 is 2.12 bits per heavy atom. The normalized spacial score (nSPS) is 11.5. The van der Waals surface area contributed by atoms with Crippen LogP contribution in [0.4, 0.5) is 4.79 Å². The molecule has 0 aliphatic heterocycles. The Balaban J connectivity index is 5.27. The van der Waals surface area contributed by atoms with Crippen molar-refractivity contribution in [2.45, 2.75) is 46.1 Å². The van der Waals surface area contributed by atoms with E-state index in [4.69, 9.17) is 0 Å². The molecular formula is C17H30N4O4. The van der Waals surface area contributed by atoms with E-state index in [1.807, 2.05) is 20.8 Å². The van der Waals surface area contributed by atoms with E-state index in [9.17, 15) is 19.2 Å². The summed E-state index contributed by atoms with van der Waals surface area (Å²) >= 11 is 0. The van der Waals surface area contributed by atoms with Crippen LogP contribution in [-0.2, 0) is 14.4 Å². The molecule has 8 nitrogen and oxygen atoms in total. The lowest BCUT2D eigenvalue weighted by Crippen LogP contribution is -2.52. The SMILES string of the molecule is C=C(C(=O)N(C)[C@@H](CC(C)C)C(=O)NC(=O)NC)N(C)C(=O)CCC. The van der Waals surface area contributed by atoms with Crippen LogP contribution in [-0.4, -0.2) is 60.7 Å². The molecule has 0 radical (unpaired) electrons. The lowest BCUT2D eigenvalue weighted by atomic mass is 10.0. The Morgan fingerprint density at radius 2 is 1.68 bits per heavy atom. The molecule has 0 saturated carbocycles. The van der Waals surface area contributed by atoms with Crippen molar-refractivity contribution in [1.82, 2.24) is 20.4 Å². The number of rotatable bonds is 8. The van der Waals surface area contributed by atoms with Crippen LogP contribution >= 0.6 is 0 Å². The molecular weight excluding hydrogens is 324 g/mol. The van der Waals surface area contributed by atoms with E-state index in [0.29, 0.717) is 19.3 Å². The van der Waals surface area contributed by atoms with Gasteiger partial charge in [-0.15, -0.1) is 0 Å². The number of imide groups is 1. The van der Waals surface area contributed by atoms with Crippen LogP contribution in [0.1, 0.15) is 40.0 Å². The summed E-state index contributed by atoms with van der Waals surface area (Å²) in [6.07, 6.45) is 1.33.